The number of benzene rings is 1. The predicted octanol–water partition coefficient (Wildman–Crippen LogP) is 4.93. The Morgan fingerprint density at radius 1 is 1.26 bits per heavy atom. The number of halogens is 2. The Bertz CT molecular complexity index is 890. The molecule has 0 radical (unpaired) electrons. The number of carboxylic acid groups (broad SMARTS) is 1. The van der Waals surface area contributed by atoms with Gasteiger partial charge in [-0.05, 0) is 54.4 Å². The maximum absolute atomic E-state index is 13.7. The third-order valence-electron chi connectivity index (χ3n) is 3.57. The van der Waals surface area contributed by atoms with Crippen molar-refractivity contribution in [1.29, 1.82) is 0 Å². The number of aliphatic carboxylic acids is 1. The molecule has 6 heteroatoms. The summed E-state index contributed by atoms with van der Waals surface area (Å²) < 4.78 is 16.4. The van der Waals surface area contributed by atoms with Crippen LogP contribution in [-0.2, 0) is 11.2 Å². The molecule has 3 rings (SSSR count). The fourth-order valence-corrected chi connectivity index (χ4v) is 3.79. The average molecular weight is 394 g/mol. The Labute approximate surface area is 145 Å². The number of nitrogens with zero attached hydrogens (tertiary/aromatic N) is 1. The number of aromatic nitrogens is 1. The van der Waals surface area contributed by atoms with Gasteiger partial charge in [-0.15, -0.1) is 0 Å². The molecule has 0 atom stereocenters. The van der Waals surface area contributed by atoms with Gasteiger partial charge < -0.3 is 9.51 Å². The second-order valence-electron chi connectivity index (χ2n) is 5.14. The van der Waals surface area contributed by atoms with E-state index < -0.39 is 5.97 Å². The van der Waals surface area contributed by atoms with Crippen LogP contribution in [-0.4, -0.2) is 15.5 Å². The number of rotatable bonds is 4. The highest BCUT2D eigenvalue weighted by Gasteiger charge is 2.18. The summed E-state index contributed by atoms with van der Waals surface area (Å²) in [6.45, 7) is 1.88. The van der Waals surface area contributed by atoms with E-state index in [9.17, 15) is 9.18 Å². The van der Waals surface area contributed by atoms with E-state index in [1.165, 1.54) is 24.0 Å². The van der Waals surface area contributed by atoms with Crippen molar-refractivity contribution in [1.82, 2.24) is 4.40 Å². The zero-order valence-electron chi connectivity index (χ0n) is 12.2. The average Bonchev–Trinajstić information content (AvgIpc) is 2.74. The van der Waals surface area contributed by atoms with E-state index in [0.717, 1.165) is 31.0 Å². The van der Waals surface area contributed by atoms with Crippen LogP contribution in [0.4, 0.5) is 4.39 Å². The van der Waals surface area contributed by atoms with Crippen LogP contribution in [0.25, 0.3) is 5.52 Å². The van der Waals surface area contributed by atoms with Gasteiger partial charge in [-0.2, -0.15) is 0 Å². The molecule has 0 aliphatic rings. The highest BCUT2D eigenvalue weighted by Crippen LogP contribution is 2.36. The van der Waals surface area contributed by atoms with Crippen molar-refractivity contribution in [3.8, 4) is 0 Å². The van der Waals surface area contributed by atoms with Crippen LogP contribution in [0.1, 0.15) is 11.1 Å². The monoisotopic (exact) mass is 393 g/mol. The molecule has 3 aromatic rings. The van der Waals surface area contributed by atoms with Gasteiger partial charge in [0.25, 0.3) is 0 Å². The van der Waals surface area contributed by atoms with Crippen molar-refractivity contribution in [2.75, 3.05) is 0 Å². The lowest BCUT2D eigenvalue weighted by molar-refractivity contribution is -0.136. The molecule has 0 unspecified atom stereocenters. The first kappa shape index (κ1) is 16.1. The molecule has 1 N–H and O–H groups in total. The van der Waals surface area contributed by atoms with Crippen molar-refractivity contribution in [2.24, 2.45) is 0 Å². The smallest absolute Gasteiger partial charge is 0.307 e. The standard InChI is InChI=1S/C17H13BrFNO2S/c1-10-14(8-16(21)22)15-7-4-12(19)9-20(15)17(10)23-13-5-2-11(18)3-6-13/h2-7,9H,8H2,1H3,(H,21,22). The van der Waals surface area contributed by atoms with Crippen LogP contribution in [0, 0.1) is 12.7 Å². The van der Waals surface area contributed by atoms with E-state index >= 15 is 0 Å². The van der Waals surface area contributed by atoms with Crippen LogP contribution in [0.2, 0.25) is 0 Å². The van der Waals surface area contributed by atoms with E-state index in [4.69, 9.17) is 5.11 Å². The molecule has 2 aromatic heterocycles. The first-order chi connectivity index (χ1) is 11.0. The van der Waals surface area contributed by atoms with E-state index in [-0.39, 0.29) is 12.2 Å². The van der Waals surface area contributed by atoms with Gasteiger partial charge in [0.2, 0.25) is 0 Å². The van der Waals surface area contributed by atoms with Crippen molar-refractivity contribution in [2.45, 2.75) is 23.3 Å². The summed E-state index contributed by atoms with van der Waals surface area (Å²) in [4.78, 5) is 12.1. The van der Waals surface area contributed by atoms with Crippen LogP contribution < -0.4 is 0 Å². The normalized spacial score (nSPS) is 11.1. The number of carboxylic acids is 1. The Morgan fingerprint density at radius 3 is 2.61 bits per heavy atom. The lowest BCUT2D eigenvalue weighted by Gasteiger charge is -2.05. The summed E-state index contributed by atoms with van der Waals surface area (Å²) in [5, 5.41) is 9.97. The molecular formula is C17H13BrFNO2S. The van der Waals surface area contributed by atoms with Crippen molar-refractivity contribution >= 4 is 39.2 Å². The highest BCUT2D eigenvalue weighted by molar-refractivity contribution is 9.10. The topological polar surface area (TPSA) is 41.7 Å². The molecule has 0 aliphatic heterocycles. The summed E-state index contributed by atoms with van der Waals surface area (Å²) in [6, 6.07) is 10.8. The van der Waals surface area contributed by atoms with E-state index in [0.29, 0.717) is 0 Å². The summed E-state index contributed by atoms with van der Waals surface area (Å²) in [5.74, 6) is -1.25. The minimum atomic E-state index is -0.898. The van der Waals surface area contributed by atoms with E-state index in [1.54, 1.807) is 10.5 Å². The summed E-state index contributed by atoms with van der Waals surface area (Å²) >= 11 is 4.89. The Balaban J connectivity index is 2.14. The van der Waals surface area contributed by atoms with Gasteiger partial charge >= 0.3 is 5.97 Å². The molecule has 0 aliphatic carbocycles. The molecule has 3 nitrogen and oxygen atoms in total. The van der Waals surface area contributed by atoms with Gasteiger partial charge in [0.1, 0.15) is 5.82 Å². The van der Waals surface area contributed by atoms with Gasteiger partial charge in [-0.3, -0.25) is 4.79 Å². The molecule has 0 spiro atoms. The Hall–Kier alpha value is -1.79. The lowest BCUT2D eigenvalue weighted by Crippen LogP contribution is -2.00. The molecule has 2 heterocycles. The first-order valence-corrected chi connectivity index (χ1v) is 8.51. The largest absolute Gasteiger partial charge is 0.481 e. The molecule has 23 heavy (non-hydrogen) atoms. The fraction of sp³-hybridized carbons (Fsp3) is 0.118. The number of pyridine rings is 1. The Morgan fingerprint density at radius 2 is 1.96 bits per heavy atom. The molecular weight excluding hydrogens is 381 g/mol. The quantitative estimate of drug-likeness (QED) is 0.683. The lowest BCUT2D eigenvalue weighted by atomic mass is 10.1. The predicted molar refractivity (Wildman–Crippen MR) is 91.7 cm³/mol. The molecule has 0 saturated heterocycles. The number of fused-ring (bicyclic) bond motifs is 1. The molecule has 1 aromatic carbocycles. The minimum Gasteiger partial charge on any atom is -0.481 e. The van der Waals surface area contributed by atoms with E-state index in [1.807, 2.05) is 31.2 Å². The zero-order valence-corrected chi connectivity index (χ0v) is 14.6. The third kappa shape index (κ3) is 3.28. The maximum Gasteiger partial charge on any atom is 0.307 e. The molecule has 118 valence electrons. The van der Waals surface area contributed by atoms with Gasteiger partial charge in [-0.1, -0.05) is 27.7 Å². The molecule has 0 amide bonds. The highest BCUT2D eigenvalue weighted by atomic mass is 79.9. The zero-order chi connectivity index (χ0) is 16.6. The molecule has 0 fully saturated rings. The van der Waals surface area contributed by atoms with Crippen molar-refractivity contribution in [3.05, 3.63) is 64.0 Å². The number of hydrogen-bond acceptors (Lipinski definition) is 2. The second-order valence-corrected chi connectivity index (χ2v) is 7.12. The summed E-state index contributed by atoms with van der Waals surface area (Å²) in [5.41, 5.74) is 2.31. The summed E-state index contributed by atoms with van der Waals surface area (Å²) in [6.07, 6.45) is 1.32. The molecule has 0 saturated carbocycles. The third-order valence-corrected chi connectivity index (χ3v) is 5.30. The van der Waals surface area contributed by atoms with Gasteiger partial charge in [0.15, 0.2) is 0 Å². The van der Waals surface area contributed by atoms with Crippen molar-refractivity contribution < 1.29 is 14.3 Å². The summed E-state index contributed by atoms with van der Waals surface area (Å²) in [7, 11) is 0. The van der Waals surface area contributed by atoms with Gasteiger partial charge in [-0.25, -0.2) is 4.39 Å². The first-order valence-electron chi connectivity index (χ1n) is 6.90. The van der Waals surface area contributed by atoms with E-state index in [2.05, 4.69) is 15.9 Å². The number of hydrogen-bond donors (Lipinski definition) is 1. The van der Waals surface area contributed by atoms with Crippen molar-refractivity contribution in [3.63, 3.8) is 0 Å². The number of carbonyl (C=O) groups is 1. The SMILES string of the molecule is Cc1c(CC(=O)O)c2ccc(F)cn2c1Sc1ccc(Br)cc1. The van der Waals surface area contributed by atoms with Crippen LogP contribution >= 0.6 is 27.7 Å². The van der Waals surface area contributed by atoms with Crippen LogP contribution in [0.3, 0.4) is 0 Å². The van der Waals surface area contributed by atoms with Gasteiger partial charge in [0, 0.05) is 15.6 Å². The fourth-order valence-electron chi connectivity index (χ4n) is 2.50. The maximum atomic E-state index is 13.7. The minimum absolute atomic E-state index is 0.0815. The Kier molecular flexibility index (Phi) is 4.46. The molecule has 0 bridgehead atoms. The van der Waals surface area contributed by atoms with Crippen LogP contribution in [0.5, 0.6) is 0 Å². The second kappa shape index (κ2) is 6.37. The van der Waals surface area contributed by atoms with Crippen LogP contribution in [0.15, 0.2) is 57.0 Å². The van der Waals surface area contributed by atoms with Gasteiger partial charge in [0.05, 0.1) is 17.0 Å².